The molecule has 2 nitrogen and oxygen atoms in total. The van der Waals surface area contributed by atoms with E-state index >= 15 is 0 Å². The predicted octanol–water partition coefficient (Wildman–Crippen LogP) is 14.6. The van der Waals surface area contributed by atoms with Gasteiger partial charge in [-0.05, 0) is 81.0 Å². The highest BCUT2D eigenvalue weighted by Crippen LogP contribution is 2.45. The summed E-state index contributed by atoms with van der Waals surface area (Å²) in [6.45, 7) is 24.3. The van der Waals surface area contributed by atoms with Crippen molar-refractivity contribution in [1.82, 2.24) is 4.57 Å². The van der Waals surface area contributed by atoms with Crippen LogP contribution in [0.4, 0.5) is 0 Å². The number of hydrogen-bond acceptors (Lipinski definition) is 1. The van der Waals surface area contributed by atoms with Crippen LogP contribution in [0.1, 0.15) is 92.9 Å². The molecule has 0 amide bonds. The molecule has 0 aliphatic carbocycles. The highest BCUT2D eigenvalue weighted by Gasteiger charge is 2.27. The topological polar surface area (TPSA) is 18.1 Å². The van der Waals surface area contributed by atoms with E-state index in [0.29, 0.717) is 10.0 Å². The minimum Gasteiger partial charge on any atom is -0.455 e. The zero-order valence-corrected chi connectivity index (χ0v) is 31.7. The maximum atomic E-state index is 7.15. The first-order valence-corrected chi connectivity index (χ1v) is 17.8. The average Bonchev–Trinajstić information content (AvgIpc) is 3.55. The van der Waals surface area contributed by atoms with Gasteiger partial charge in [-0.25, -0.2) is 0 Å². The lowest BCUT2D eigenvalue weighted by Crippen LogP contribution is -2.16. The molecule has 2 aromatic heterocycles. The van der Waals surface area contributed by atoms with Crippen molar-refractivity contribution in [2.45, 2.75) is 92.4 Å². The molecule has 2 heterocycles. The second kappa shape index (κ2) is 12.0. The third-order valence-electron chi connectivity index (χ3n) is 9.38. The van der Waals surface area contributed by atoms with Gasteiger partial charge in [-0.15, -0.1) is 0 Å². The normalized spacial score (nSPS) is 12.7. The molecule has 0 radical (unpaired) electrons. The van der Waals surface area contributed by atoms with E-state index < -0.39 is 0 Å². The molecule has 0 N–H and O–H groups in total. The Balaban J connectivity index is 0.00000197. The van der Waals surface area contributed by atoms with Crippen LogP contribution >= 0.6 is 23.2 Å². The van der Waals surface area contributed by atoms with Crippen LogP contribution in [0.25, 0.3) is 60.6 Å². The molecule has 0 aliphatic heterocycles. The van der Waals surface area contributed by atoms with Crippen LogP contribution in [0.2, 0.25) is 10.0 Å². The van der Waals surface area contributed by atoms with E-state index in [9.17, 15) is 0 Å². The number of halogens is 2. The van der Waals surface area contributed by atoms with Crippen molar-refractivity contribution in [3.63, 3.8) is 0 Å². The Morgan fingerprint density at radius 3 is 1.75 bits per heavy atom. The molecule has 7 rings (SSSR count). The lowest BCUT2D eigenvalue weighted by atomic mass is 9.79. The molecular weight excluding hydrogens is 629 g/mol. The number of rotatable bonds is 2. The summed E-state index contributed by atoms with van der Waals surface area (Å²) in [5, 5.41) is 5.77. The van der Waals surface area contributed by atoms with E-state index in [4.69, 9.17) is 27.6 Å². The Morgan fingerprint density at radius 2 is 1.15 bits per heavy atom. The second-order valence-corrected chi connectivity index (χ2v) is 16.7. The van der Waals surface area contributed by atoms with Crippen molar-refractivity contribution in [1.29, 1.82) is 0 Å². The van der Waals surface area contributed by atoms with Gasteiger partial charge in [0.1, 0.15) is 11.2 Å². The number of nitrogens with zero attached hydrogens (tertiary/aromatic N) is 1. The first-order valence-electron chi connectivity index (χ1n) is 17.1. The molecule has 7 aromatic rings. The lowest BCUT2D eigenvalue weighted by molar-refractivity contribution is 0.559. The van der Waals surface area contributed by atoms with Gasteiger partial charge in [0.05, 0.1) is 27.1 Å². The van der Waals surface area contributed by atoms with Crippen molar-refractivity contribution >= 4 is 66.9 Å². The van der Waals surface area contributed by atoms with Crippen LogP contribution in [0, 0.1) is 0 Å². The Morgan fingerprint density at radius 1 is 0.521 bits per heavy atom. The summed E-state index contributed by atoms with van der Waals surface area (Å²) in [6, 6.07) is 30.3. The van der Waals surface area contributed by atoms with Gasteiger partial charge in [-0.3, -0.25) is 0 Å². The first kappa shape index (κ1) is 34.2. The van der Waals surface area contributed by atoms with Crippen molar-refractivity contribution in [3.8, 4) is 16.8 Å². The van der Waals surface area contributed by atoms with Gasteiger partial charge in [0, 0.05) is 26.7 Å². The molecule has 0 saturated carbocycles. The van der Waals surface area contributed by atoms with E-state index in [0.717, 1.165) is 60.6 Å². The summed E-state index contributed by atoms with van der Waals surface area (Å²) in [5.41, 5.74) is 10.8. The summed E-state index contributed by atoms with van der Waals surface area (Å²) in [4.78, 5) is 0. The highest BCUT2D eigenvalue weighted by molar-refractivity contribution is 6.34. The van der Waals surface area contributed by atoms with E-state index in [2.05, 4.69) is 140 Å². The quantitative estimate of drug-likeness (QED) is 0.178. The number of furan rings is 1. The standard InChI is InChI=1S/C42H41Cl2NO.C2H6/c1-40(2,3)26-13-10-24(11-14-26)25-12-18-34(33(44)20-25)45-35-19-17-29-31-21-27(41(4,5)6)22-32(42(7,8)9)38(31)46-39(29)37(35)30-16-15-28(43)23-36(30)45;1-2/h10-23H,1-9H3;1-2H3. The smallest absolute Gasteiger partial charge is 0.145 e. The fourth-order valence-corrected chi connectivity index (χ4v) is 7.12. The molecule has 5 aromatic carbocycles. The van der Waals surface area contributed by atoms with Gasteiger partial charge >= 0.3 is 0 Å². The van der Waals surface area contributed by atoms with Crippen LogP contribution in [0.15, 0.2) is 89.3 Å². The van der Waals surface area contributed by atoms with Crippen LogP contribution in [-0.4, -0.2) is 4.57 Å². The number of benzene rings is 5. The van der Waals surface area contributed by atoms with Gasteiger partial charge in [0.2, 0.25) is 0 Å². The van der Waals surface area contributed by atoms with Gasteiger partial charge in [-0.1, -0.05) is 142 Å². The SMILES string of the molecule is CC.CC(C)(C)c1ccc(-c2ccc(-n3c4cc(Cl)ccc4c4c5oc6c(C(C)(C)C)cc(C(C)(C)C)cc6c5ccc43)c(Cl)c2)cc1. The Labute approximate surface area is 295 Å². The molecule has 0 aliphatic rings. The lowest BCUT2D eigenvalue weighted by Gasteiger charge is -2.25. The third-order valence-corrected chi connectivity index (χ3v) is 9.91. The van der Waals surface area contributed by atoms with Crippen LogP contribution in [0.3, 0.4) is 0 Å². The Kier molecular flexibility index (Phi) is 8.54. The van der Waals surface area contributed by atoms with Gasteiger partial charge in [-0.2, -0.15) is 0 Å². The highest BCUT2D eigenvalue weighted by atomic mass is 35.5. The van der Waals surface area contributed by atoms with Gasteiger partial charge < -0.3 is 8.98 Å². The number of hydrogen-bond donors (Lipinski definition) is 0. The summed E-state index contributed by atoms with van der Waals surface area (Å²) in [7, 11) is 0. The van der Waals surface area contributed by atoms with E-state index in [1.165, 1.54) is 16.7 Å². The second-order valence-electron chi connectivity index (χ2n) is 15.8. The molecule has 248 valence electrons. The maximum Gasteiger partial charge on any atom is 0.145 e. The van der Waals surface area contributed by atoms with Gasteiger partial charge in [0.15, 0.2) is 0 Å². The Hall–Kier alpha value is -3.72. The molecular formula is C44H47Cl2NO. The summed E-state index contributed by atoms with van der Waals surface area (Å²) < 4.78 is 9.17. The molecule has 0 bridgehead atoms. The van der Waals surface area contributed by atoms with Crippen LogP contribution < -0.4 is 0 Å². The van der Waals surface area contributed by atoms with Crippen molar-refractivity contribution in [2.24, 2.45) is 0 Å². The molecule has 0 saturated heterocycles. The molecule has 0 atom stereocenters. The molecule has 0 fully saturated rings. The fourth-order valence-electron chi connectivity index (χ4n) is 6.69. The van der Waals surface area contributed by atoms with Crippen LogP contribution in [-0.2, 0) is 16.2 Å². The maximum absolute atomic E-state index is 7.15. The van der Waals surface area contributed by atoms with E-state index in [-0.39, 0.29) is 16.2 Å². The number of aromatic nitrogens is 1. The molecule has 48 heavy (non-hydrogen) atoms. The summed E-state index contributed by atoms with van der Waals surface area (Å²) in [5.74, 6) is 0. The Bertz CT molecular complexity index is 2310. The minimum absolute atomic E-state index is 0.00615. The monoisotopic (exact) mass is 675 g/mol. The summed E-state index contributed by atoms with van der Waals surface area (Å²) in [6.07, 6.45) is 0. The minimum atomic E-state index is -0.0869. The largest absolute Gasteiger partial charge is 0.455 e. The number of fused-ring (bicyclic) bond motifs is 7. The first-order chi connectivity index (χ1) is 22.5. The third kappa shape index (κ3) is 5.82. The molecule has 0 unspecified atom stereocenters. The predicted molar refractivity (Wildman–Crippen MR) is 211 cm³/mol. The molecule has 4 heteroatoms. The molecule has 0 spiro atoms. The van der Waals surface area contributed by atoms with Crippen molar-refractivity contribution in [2.75, 3.05) is 0 Å². The average molecular weight is 677 g/mol. The fraction of sp³-hybridized carbons (Fsp3) is 0.318. The van der Waals surface area contributed by atoms with E-state index in [1.807, 2.05) is 26.0 Å². The van der Waals surface area contributed by atoms with Crippen molar-refractivity contribution in [3.05, 3.63) is 112 Å². The van der Waals surface area contributed by atoms with Crippen molar-refractivity contribution < 1.29 is 4.42 Å². The van der Waals surface area contributed by atoms with Crippen LogP contribution in [0.5, 0.6) is 0 Å². The summed E-state index contributed by atoms with van der Waals surface area (Å²) >= 11 is 13.8. The van der Waals surface area contributed by atoms with E-state index in [1.54, 1.807) is 0 Å². The zero-order valence-electron chi connectivity index (χ0n) is 30.2. The zero-order chi connectivity index (χ0) is 34.9. The van der Waals surface area contributed by atoms with Gasteiger partial charge in [0.25, 0.3) is 0 Å².